The van der Waals surface area contributed by atoms with Gasteiger partial charge in [-0.3, -0.25) is 14.9 Å². The maximum Gasteiger partial charge on any atom is 0.290 e. The maximum absolute atomic E-state index is 11.7. The van der Waals surface area contributed by atoms with Crippen molar-refractivity contribution in [2.24, 2.45) is 0 Å². The third-order valence-corrected chi connectivity index (χ3v) is 5.35. The number of imide groups is 1. The predicted molar refractivity (Wildman–Crippen MR) is 111 cm³/mol. The Balaban J connectivity index is 1.83. The van der Waals surface area contributed by atoms with Crippen molar-refractivity contribution in [3.8, 4) is 11.5 Å². The molecule has 1 aliphatic heterocycles. The summed E-state index contributed by atoms with van der Waals surface area (Å²) in [6.07, 6.45) is 1.65. The standard InChI is InChI=1S/C18H13ClINO4S/c1-24-14-7-11(8-15-17(22)21-18(23)26-15)6-13(20)16(14)25-9-10-2-4-12(19)5-3-10/h2-8H,9H2,1H3,(H,21,22,23)/b15-8-. The van der Waals surface area contributed by atoms with Gasteiger partial charge in [-0.2, -0.15) is 0 Å². The number of methoxy groups -OCH3 is 1. The third-order valence-electron chi connectivity index (χ3n) is 3.49. The van der Waals surface area contributed by atoms with Gasteiger partial charge in [0.15, 0.2) is 11.5 Å². The molecule has 0 unspecified atom stereocenters. The molecular formula is C18H13ClINO4S. The minimum Gasteiger partial charge on any atom is -0.493 e. The Morgan fingerprint density at radius 2 is 1.96 bits per heavy atom. The third kappa shape index (κ3) is 4.52. The van der Waals surface area contributed by atoms with Crippen molar-refractivity contribution in [1.82, 2.24) is 5.32 Å². The molecule has 1 fully saturated rings. The van der Waals surface area contributed by atoms with Crippen LogP contribution in [0, 0.1) is 3.57 Å². The number of nitrogens with one attached hydrogen (secondary N) is 1. The number of carbonyl (C=O) groups is 2. The molecule has 1 aliphatic rings. The Labute approximate surface area is 173 Å². The van der Waals surface area contributed by atoms with Crippen LogP contribution in [-0.4, -0.2) is 18.3 Å². The van der Waals surface area contributed by atoms with Crippen LogP contribution in [0.2, 0.25) is 5.02 Å². The summed E-state index contributed by atoms with van der Waals surface area (Å²) in [4.78, 5) is 23.3. The van der Waals surface area contributed by atoms with Gasteiger partial charge in [0.25, 0.3) is 11.1 Å². The van der Waals surface area contributed by atoms with Crippen LogP contribution in [0.25, 0.3) is 6.08 Å². The molecule has 0 bridgehead atoms. The van der Waals surface area contributed by atoms with Crippen molar-refractivity contribution >= 4 is 63.2 Å². The number of carbonyl (C=O) groups excluding carboxylic acids is 2. The monoisotopic (exact) mass is 501 g/mol. The summed E-state index contributed by atoms with van der Waals surface area (Å²) in [7, 11) is 1.55. The second-order valence-electron chi connectivity index (χ2n) is 5.30. The van der Waals surface area contributed by atoms with Crippen LogP contribution < -0.4 is 14.8 Å². The summed E-state index contributed by atoms with van der Waals surface area (Å²) < 4.78 is 12.2. The lowest BCUT2D eigenvalue weighted by molar-refractivity contribution is -0.115. The Morgan fingerprint density at radius 3 is 2.58 bits per heavy atom. The van der Waals surface area contributed by atoms with E-state index in [2.05, 4.69) is 27.9 Å². The molecule has 134 valence electrons. The second kappa shape index (κ2) is 8.32. The smallest absolute Gasteiger partial charge is 0.290 e. The Bertz CT molecular complexity index is 899. The van der Waals surface area contributed by atoms with Crippen LogP contribution in [0.4, 0.5) is 4.79 Å². The molecule has 0 atom stereocenters. The summed E-state index contributed by atoms with van der Waals surface area (Å²) in [5.74, 6) is 0.772. The molecule has 5 nitrogen and oxygen atoms in total. The minimum absolute atomic E-state index is 0.350. The highest BCUT2D eigenvalue weighted by molar-refractivity contribution is 14.1. The molecule has 2 amide bonds. The molecule has 26 heavy (non-hydrogen) atoms. The quantitative estimate of drug-likeness (QED) is 0.468. The summed E-state index contributed by atoms with van der Waals surface area (Å²) in [6.45, 7) is 0.372. The van der Waals surface area contributed by atoms with Crippen molar-refractivity contribution in [3.63, 3.8) is 0 Å². The summed E-state index contributed by atoms with van der Waals surface area (Å²) in [5, 5.41) is 2.54. The molecule has 1 saturated heterocycles. The average molecular weight is 502 g/mol. The van der Waals surface area contributed by atoms with Crippen LogP contribution >= 0.6 is 46.0 Å². The molecule has 0 saturated carbocycles. The number of hydrogen-bond donors (Lipinski definition) is 1. The van der Waals surface area contributed by atoms with Crippen molar-refractivity contribution in [2.45, 2.75) is 6.61 Å². The van der Waals surface area contributed by atoms with E-state index in [1.54, 1.807) is 19.3 Å². The highest BCUT2D eigenvalue weighted by atomic mass is 127. The molecule has 2 aromatic carbocycles. The van der Waals surface area contributed by atoms with Gasteiger partial charge in [-0.25, -0.2) is 0 Å². The lowest BCUT2D eigenvalue weighted by Crippen LogP contribution is -2.17. The topological polar surface area (TPSA) is 64.6 Å². The van der Waals surface area contributed by atoms with Crippen LogP contribution in [0.3, 0.4) is 0 Å². The van der Waals surface area contributed by atoms with E-state index in [-0.39, 0.29) is 5.24 Å². The molecule has 8 heteroatoms. The number of amides is 2. The zero-order valence-electron chi connectivity index (χ0n) is 13.5. The van der Waals surface area contributed by atoms with Gasteiger partial charge in [0.05, 0.1) is 15.6 Å². The summed E-state index contributed by atoms with van der Waals surface area (Å²) >= 11 is 8.92. The molecular weight excluding hydrogens is 489 g/mol. The predicted octanol–water partition coefficient (Wildman–Crippen LogP) is 4.86. The second-order valence-corrected chi connectivity index (χ2v) is 7.91. The van der Waals surface area contributed by atoms with Crippen molar-refractivity contribution < 1.29 is 19.1 Å². The first-order valence-electron chi connectivity index (χ1n) is 7.46. The number of hydrogen-bond acceptors (Lipinski definition) is 5. The van der Waals surface area contributed by atoms with Gasteiger partial charge in [-0.1, -0.05) is 23.7 Å². The van der Waals surface area contributed by atoms with E-state index in [0.29, 0.717) is 28.0 Å². The van der Waals surface area contributed by atoms with E-state index in [4.69, 9.17) is 21.1 Å². The lowest BCUT2D eigenvalue weighted by atomic mass is 10.2. The van der Waals surface area contributed by atoms with Gasteiger partial charge in [0.2, 0.25) is 0 Å². The SMILES string of the molecule is COc1cc(/C=C2\SC(=O)NC2=O)cc(I)c1OCc1ccc(Cl)cc1. The van der Waals surface area contributed by atoms with Gasteiger partial charge in [0.1, 0.15) is 6.61 Å². The van der Waals surface area contributed by atoms with Crippen LogP contribution in [0.5, 0.6) is 11.5 Å². The minimum atomic E-state index is -0.392. The molecule has 0 aromatic heterocycles. The number of benzene rings is 2. The van der Waals surface area contributed by atoms with Gasteiger partial charge < -0.3 is 9.47 Å². The van der Waals surface area contributed by atoms with E-state index in [1.807, 2.05) is 30.3 Å². The molecule has 0 spiro atoms. The molecule has 1 heterocycles. The molecule has 3 rings (SSSR count). The molecule has 0 aliphatic carbocycles. The molecule has 2 aromatic rings. The fourth-order valence-electron chi connectivity index (χ4n) is 2.27. The first-order chi connectivity index (χ1) is 12.5. The first kappa shape index (κ1) is 19.1. The summed E-state index contributed by atoms with van der Waals surface area (Å²) in [5.41, 5.74) is 1.73. The van der Waals surface area contributed by atoms with Crippen LogP contribution in [0.15, 0.2) is 41.3 Å². The fourth-order valence-corrected chi connectivity index (χ4v) is 3.86. The maximum atomic E-state index is 11.7. The fraction of sp³-hybridized carbons (Fsp3) is 0.111. The van der Waals surface area contributed by atoms with Crippen molar-refractivity contribution in [1.29, 1.82) is 0 Å². The van der Waals surface area contributed by atoms with E-state index >= 15 is 0 Å². The van der Waals surface area contributed by atoms with E-state index < -0.39 is 5.91 Å². The Morgan fingerprint density at radius 1 is 1.23 bits per heavy atom. The first-order valence-corrected chi connectivity index (χ1v) is 9.73. The average Bonchev–Trinajstić information content (AvgIpc) is 2.92. The largest absolute Gasteiger partial charge is 0.493 e. The highest BCUT2D eigenvalue weighted by Gasteiger charge is 2.25. The molecule has 0 radical (unpaired) electrons. The number of thioether (sulfide) groups is 1. The zero-order chi connectivity index (χ0) is 18.7. The summed E-state index contributed by atoms with van der Waals surface area (Å²) in [6, 6.07) is 11.0. The highest BCUT2D eigenvalue weighted by Crippen LogP contribution is 2.36. The van der Waals surface area contributed by atoms with E-state index in [9.17, 15) is 9.59 Å². The Hall–Kier alpha value is -1.71. The zero-order valence-corrected chi connectivity index (χ0v) is 17.3. The van der Waals surface area contributed by atoms with Gasteiger partial charge in [-0.05, 0) is 75.8 Å². The lowest BCUT2D eigenvalue weighted by Gasteiger charge is -2.14. The van der Waals surface area contributed by atoms with E-state index in [1.165, 1.54) is 0 Å². The number of rotatable bonds is 5. The Kier molecular flexibility index (Phi) is 6.10. The van der Waals surface area contributed by atoms with Crippen molar-refractivity contribution in [2.75, 3.05) is 7.11 Å². The normalized spacial score (nSPS) is 15.3. The van der Waals surface area contributed by atoms with Gasteiger partial charge in [-0.15, -0.1) is 0 Å². The number of ether oxygens (including phenoxy) is 2. The van der Waals surface area contributed by atoms with Crippen LogP contribution in [-0.2, 0) is 11.4 Å². The van der Waals surface area contributed by atoms with Crippen LogP contribution in [0.1, 0.15) is 11.1 Å². The van der Waals surface area contributed by atoms with Crippen molar-refractivity contribution in [3.05, 3.63) is 61.0 Å². The van der Waals surface area contributed by atoms with Gasteiger partial charge in [0, 0.05) is 5.02 Å². The molecule has 1 N–H and O–H groups in total. The number of halogens is 2. The van der Waals surface area contributed by atoms with Gasteiger partial charge >= 0.3 is 0 Å². The van der Waals surface area contributed by atoms with E-state index in [0.717, 1.165) is 26.5 Å².